The van der Waals surface area contributed by atoms with E-state index >= 15 is 0 Å². The molecule has 1 fully saturated rings. The molecule has 1 aromatic rings. The van der Waals surface area contributed by atoms with Crippen LogP contribution in [0.3, 0.4) is 0 Å². The Morgan fingerprint density at radius 3 is 2.75 bits per heavy atom. The van der Waals surface area contributed by atoms with E-state index in [-0.39, 0.29) is 5.97 Å². The average Bonchev–Trinajstić information content (AvgIpc) is 3.00. The lowest BCUT2D eigenvalue weighted by atomic mass is 10.1. The number of aromatic nitrogens is 2. The molecule has 0 spiro atoms. The summed E-state index contributed by atoms with van der Waals surface area (Å²) in [5, 5.41) is 4.40. The minimum absolute atomic E-state index is 0.322. The molecule has 1 aliphatic carbocycles. The zero-order valence-electron chi connectivity index (χ0n) is 9.86. The minimum atomic E-state index is -0.810. The maximum atomic E-state index is 11.6. The third-order valence-corrected chi connectivity index (χ3v) is 2.99. The Bertz CT molecular complexity index is 419. The molecule has 5 nitrogen and oxygen atoms in total. The van der Waals surface area contributed by atoms with Gasteiger partial charge in [0.1, 0.15) is 0 Å². The molecule has 0 saturated heterocycles. The molecule has 1 heterocycles. The largest absolute Gasteiger partial charge is 0.467 e. The quantitative estimate of drug-likeness (QED) is 0.783. The van der Waals surface area contributed by atoms with Crippen LogP contribution in [0.1, 0.15) is 38.3 Å². The van der Waals surface area contributed by atoms with Gasteiger partial charge in [0, 0.05) is 12.1 Å². The molecule has 5 heteroatoms. The van der Waals surface area contributed by atoms with E-state index in [4.69, 9.17) is 10.5 Å². The number of rotatable bonds is 3. The Labute approximate surface area is 94.6 Å². The second-order valence-corrected chi connectivity index (χ2v) is 4.74. The van der Waals surface area contributed by atoms with Crippen LogP contribution in [-0.4, -0.2) is 22.9 Å². The monoisotopic (exact) mass is 223 g/mol. The minimum Gasteiger partial charge on any atom is -0.467 e. The molecule has 88 valence electrons. The number of nitrogens with two attached hydrogens (primary N) is 1. The first kappa shape index (κ1) is 11.0. The van der Waals surface area contributed by atoms with Crippen molar-refractivity contribution < 1.29 is 9.53 Å². The fraction of sp³-hybridized carbons (Fsp3) is 0.636. The van der Waals surface area contributed by atoms with Crippen LogP contribution in [0.2, 0.25) is 0 Å². The highest BCUT2D eigenvalue weighted by atomic mass is 16.5. The maximum absolute atomic E-state index is 11.6. The van der Waals surface area contributed by atoms with E-state index in [1.54, 1.807) is 24.7 Å². The predicted molar refractivity (Wildman–Crippen MR) is 60.0 cm³/mol. The molecule has 2 N–H and O–H groups in total. The summed E-state index contributed by atoms with van der Waals surface area (Å²) in [6.07, 6.45) is 3.99. The number of esters is 1. The van der Waals surface area contributed by atoms with Crippen molar-refractivity contribution >= 4 is 11.7 Å². The van der Waals surface area contributed by atoms with Gasteiger partial charge in [0.25, 0.3) is 0 Å². The maximum Gasteiger partial charge on any atom is 0.333 e. The molecule has 0 amide bonds. The molecule has 0 unspecified atom stereocenters. The summed E-state index contributed by atoms with van der Waals surface area (Å²) in [5.74, 6) is 0.159. The van der Waals surface area contributed by atoms with E-state index in [1.807, 2.05) is 0 Å². The number of carbonyl (C=O) groups is 1. The van der Waals surface area contributed by atoms with Crippen LogP contribution in [0.25, 0.3) is 0 Å². The fourth-order valence-electron chi connectivity index (χ4n) is 1.70. The molecule has 0 bridgehead atoms. The molecular formula is C11H17N3O2. The van der Waals surface area contributed by atoms with Crippen LogP contribution in [-0.2, 0) is 15.1 Å². The fourth-order valence-corrected chi connectivity index (χ4v) is 1.70. The lowest BCUT2D eigenvalue weighted by Gasteiger charge is -2.21. The summed E-state index contributed by atoms with van der Waals surface area (Å²) in [4.78, 5) is 11.6. The number of anilines is 1. The predicted octanol–water partition coefficient (Wildman–Crippen LogP) is 1.25. The van der Waals surface area contributed by atoms with Crippen molar-refractivity contribution in [2.45, 2.75) is 38.1 Å². The topological polar surface area (TPSA) is 70.1 Å². The Morgan fingerprint density at radius 2 is 2.25 bits per heavy atom. The number of hydrogen-bond acceptors (Lipinski definition) is 4. The zero-order chi connectivity index (χ0) is 11.9. The number of nitrogen functional groups attached to an aromatic ring is 1. The Balaban J connectivity index is 2.32. The van der Waals surface area contributed by atoms with E-state index in [2.05, 4.69) is 5.10 Å². The van der Waals surface area contributed by atoms with Gasteiger partial charge in [0.05, 0.1) is 18.5 Å². The van der Waals surface area contributed by atoms with Crippen molar-refractivity contribution in [3.8, 4) is 0 Å². The van der Waals surface area contributed by atoms with Crippen molar-refractivity contribution in [3.63, 3.8) is 0 Å². The SMILES string of the molecule is COC(=O)C(C)(C)n1cc(N)c(C2CC2)n1. The Hall–Kier alpha value is -1.52. The Morgan fingerprint density at radius 1 is 1.62 bits per heavy atom. The van der Waals surface area contributed by atoms with Crippen LogP contribution < -0.4 is 5.73 Å². The van der Waals surface area contributed by atoms with Gasteiger partial charge in [0.15, 0.2) is 5.54 Å². The van der Waals surface area contributed by atoms with E-state index in [0.29, 0.717) is 11.6 Å². The van der Waals surface area contributed by atoms with Crippen molar-refractivity contribution in [2.75, 3.05) is 12.8 Å². The third-order valence-electron chi connectivity index (χ3n) is 2.99. The molecule has 0 aliphatic heterocycles. The van der Waals surface area contributed by atoms with Gasteiger partial charge in [-0.25, -0.2) is 4.79 Å². The molecule has 1 saturated carbocycles. The van der Waals surface area contributed by atoms with Gasteiger partial charge in [-0.2, -0.15) is 5.10 Å². The standard InChI is InChI=1S/C11H17N3O2/c1-11(2,10(15)16-3)14-6-8(12)9(13-14)7-4-5-7/h6-7H,4-5,12H2,1-3H3. The summed E-state index contributed by atoms with van der Waals surface area (Å²) in [6.45, 7) is 3.53. The lowest BCUT2D eigenvalue weighted by Crippen LogP contribution is -2.37. The van der Waals surface area contributed by atoms with Gasteiger partial charge in [-0.05, 0) is 26.7 Å². The molecular weight excluding hydrogens is 206 g/mol. The van der Waals surface area contributed by atoms with Gasteiger partial charge in [-0.15, -0.1) is 0 Å². The second-order valence-electron chi connectivity index (χ2n) is 4.74. The summed E-state index contributed by atoms with van der Waals surface area (Å²) in [7, 11) is 1.37. The number of hydrogen-bond donors (Lipinski definition) is 1. The third kappa shape index (κ3) is 1.66. The number of nitrogens with zero attached hydrogens (tertiary/aromatic N) is 2. The Kier molecular flexibility index (Phi) is 2.40. The summed E-state index contributed by atoms with van der Waals surface area (Å²) in [5.41, 5.74) is 6.66. The van der Waals surface area contributed by atoms with Crippen molar-refractivity contribution in [1.82, 2.24) is 9.78 Å². The van der Waals surface area contributed by atoms with Crippen molar-refractivity contribution in [3.05, 3.63) is 11.9 Å². The molecule has 16 heavy (non-hydrogen) atoms. The molecule has 1 aromatic heterocycles. The van der Waals surface area contributed by atoms with Crippen molar-refractivity contribution in [2.24, 2.45) is 0 Å². The van der Waals surface area contributed by atoms with Crippen LogP contribution in [0, 0.1) is 0 Å². The van der Waals surface area contributed by atoms with Gasteiger partial charge >= 0.3 is 5.97 Å². The van der Waals surface area contributed by atoms with E-state index < -0.39 is 5.54 Å². The first-order chi connectivity index (χ1) is 7.46. The van der Waals surface area contributed by atoms with E-state index in [9.17, 15) is 4.79 Å². The number of carbonyl (C=O) groups excluding carboxylic acids is 1. The van der Waals surface area contributed by atoms with Crippen LogP contribution in [0.4, 0.5) is 5.69 Å². The first-order valence-corrected chi connectivity index (χ1v) is 5.40. The molecule has 0 aromatic carbocycles. The molecule has 1 aliphatic rings. The summed E-state index contributed by atoms with van der Waals surface area (Å²) < 4.78 is 6.35. The van der Waals surface area contributed by atoms with Gasteiger partial charge in [-0.1, -0.05) is 0 Å². The molecule has 2 rings (SSSR count). The highest BCUT2D eigenvalue weighted by molar-refractivity contribution is 5.77. The van der Waals surface area contributed by atoms with Gasteiger partial charge < -0.3 is 10.5 Å². The first-order valence-electron chi connectivity index (χ1n) is 5.40. The van der Waals surface area contributed by atoms with Crippen molar-refractivity contribution in [1.29, 1.82) is 0 Å². The average molecular weight is 223 g/mol. The van der Waals surface area contributed by atoms with Gasteiger partial charge in [0.2, 0.25) is 0 Å². The molecule has 0 radical (unpaired) electrons. The summed E-state index contributed by atoms with van der Waals surface area (Å²) >= 11 is 0. The normalized spacial score (nSPS) is 16.2. The second kappa shape index (κ2) is 3.50. The van der Waals surface area contributed by atoms with Crippen LogP contribution in [0.15, 0.2) is 6.20 Å². The van der Waals surface area contributed by atoms with Crippen LogP contribution in [0.5, 0.6) is 0 Å². The highest BCUT2D eigenvalue weighted by Gasteiger charge is 2.35. The van der Waals surface area contributed by atoms with E-state index in [1.165, 1.54) is 7.11 Å². The zero-order valence-corrected chi connectivity index (χ0v) is 9.86. The van der Waals surface area contributed by atoms with Crippen LogP contribution >= 0.6 is 0 Å². The van der Waals surface area contributed by atoms with Gasteiger partial charge in [-0.3, -0.25) is 4.68 Å². The van der Waals surface area contributed by atoms with E-state index in [0.717, 1.165) is 18.5 Å². The summed E-state index contributed by atoms with van der Waals surface area (Å²) in [6, 6.07) is 0. The number of ether oxygens (including phenoxy) is 1. The lowest BCUT2D eigenvalue weighted by molar-refractivity contribution is -0.150. The molecule has 0 atom stereocenters. The smallest absolute Gasteiger partial charge is 0.333 e. The number of methoxy groups -OCH3 is 1. The highest BCUT2D eigenvalue weighted by Crippen LogP contribution is 2.42.